The molecule has 1 aliphatic heterocycles. The first-order chi connectivity index (χ1) is 19.3. The largest absolute Gasteiger partial charge is 0.486 e. The number of hydrogen-bond acceptors (Lipinski definition) is 6. The van der Waals surface area contributed by atoms with Crippen molar-refractivity contribution >= 4 is 56.0 Å². The van der Waals surface area contributed by atoms with Gasteiger partial charge >= 0.3 is 6.18 Å². The van der Waals surface area contributed by atoms with Crippen LogP contribution in [-0.2, 0) is 22.7 Å². The summed E-state index contributed by atoms with van der Waals surface area (Å²) in [6.45, 7) is 3.62. The Morgan fingerprint density at radius 3 is 2.43 bits per heavy atom. The van der Waals surface area contributed by atoms with Crippen LogP contribution in [0.25, 0.3) is 11.0 Å². The molecule has 5 rings (SSSR count). The van der Waals surface area contributed by atoms with Gasteiger partial charge in [-0.3, -0.25) is 9.35 Å². The highest BCUT2D eigenvalue weighted by Gasteiger charge is 2.37. The number of anilines is 3. The van der Waals surface area contributed by atoms with Gasteiger partial charge in [0.15, 0.2) is 0 Å². The average Bonchev–Trinajstić information content (AvgIpc) is 3.39. The molecule has 3 aromatic carbocycles. The van der Waals surface area contributed by atoms with Gasteiger partial charge in [0, 0.05) is 17.7 Å². The fourth-order valence-corrected chi connectivity index (χ4v) is 4.42. The van der Waals surface area contributed by atoms with E-state index < -0.39 is 45.0 Å². The van der Waals surface area contributed by atoms with E-state index in [9.17, 15) is 35.2 Å². The lowest BCUT2D eigenvalue weighted by atomic mass is 9.98. The van der Waals surface area contributed by atoms with E-state index in [1.54, 1.807) is 0 Å². The number of amides is 1. The Morgan fingerprint density at radius 2 is 1.81 bits per heavy atom. The summed E-state index contributed by atoms with van der Waals surface area (Å²) in [4.78, 5) is 20.6. The number of rotatable bonds is 4. The van der Waals surface area contributed by atoms with Gasteiger partial charge in [0.25, 0.3) is 16.0 Å². The Bertz CT molecular complexity index is 1780. The highest BCUT2D eigenvalue weighted by Crippen LogP contribution is 2.43. The molecule has 42 heavy (non-hydrogen) atoms. The van der Waals surface area contributed by atoms with Gasteiger partial charge in [-0.05, 0) is 50.2 Å². The van der Waals surface area contributed by atoms with E-state index >= 15 is 0 Å². The first-order valence-electron chi connectivity index (χ1n) is 11.9. The van der Waals surface area contributed by atoms with Gasteiger partial charge in [0.1, 0.15) is 23.0 Å². The Kier molecular flexibility index (Phi) is 8.15. The average molecular weight is 633 g/mol. The summed E-state index contributed by atoms with van der Waals surface area (Å²) in [5.74, 6) is -2.44. The molecule has 0 atom stereocenters. The summed E-state index contributed by atoms with van der Waals surface area (Å²) in [6, 6.07) is 7.78. The summed E-state index contributed by atoms with van der Waals surface area (Å²) in [7, 11) is -3.67. The number of nitrogens with one attached hydrogen (secondary N) is 3. The molecule has 0 saturated heterocycles. The Hall–Kier alpha value is -3.95. The lowest BCUT2D eigenvalue weighted by molar-refractivity contribution is -0.139. The highest BCUT2D eigenvalue weighted by molar-refractivity contribution is 7.85. The molecule has 0 spiro atoms. The van der Waals surface area contributed by atoms with Gasteiger partial charge in [-0.2, -0.15) is 21.6 Å². The van der Waals surface area contributed by atoms with E-state index in [4.69, 9.17) is 20.9 Å². The molecule has 9 nitrogen and oxygen atoms in total. The van der Waals surface area contributed by atoms with Crippen LogP contribution in [0.15, 0.2) is 42.5 Å². The van der Waals surface area contributed by atoms with Crippen molar-refractivity contribution in [1.29, 1.82) is 0 Å². The van der Waals surface area contributed by atoms with E-state index in [2.05, 4.69) is 20.6 Å². The van der Waals surface area contributed by atoms with Gasteiger partial charge in [-0.1, -0.05) is 17.7 Å². The smallest absolute Gasteiger partial charge is 0.419 e. The normalized spacial score (nSPS) is 14.0. The van der Waals surface area contributed by atoms with E-state index in [1.165, 1.54) is 24.3 Å². The second-order valence-corrected chi connectivity index (χ2v) is 11.7. The highest BCUT2D eigenvalue weighted by atomic mass is 35.5. The van der Waals surface area contributed by atoms with Crippen molar-refractivity contribution < 1.29 is 44.5 Å². The first kappa shape index (κ1) is 31.0. The molecule has 224 valence electrons. The molecule has 4 N–H and O–H groups in total. The SMILES string of the molecule is CC1(C)Cc2c(c(C(=O)Nc3ccc(F)c(C(F)(F)F)c3)cc3nc(Nc4c(F)cccc4Cl)[nH]c23)O1.CS(=O)(=O)O. The van der Waals surface area contributed by atoms with Crippen LogP contribution in [0.2, 0.25) is 5.02 Å². The standard InChI is InChI=1S/C25H18ClF5N4O2.CH4O3S/c1-24(2)10-13-19-18(33-23(34-19)35-20-15(26)4-3-5-17(20)28)9-12(21(13)37-24)22(36)32-11-6-7-16(27)14(8-11)25(29,30)31;1-5(2,3)4/h3-9H,10H2,1-2H3,(H,32,36)(H2,33,34,35);1H3,(H,2,3,4). The number of carbonyl (C=O) groups is 1. The van der Waals surface area contributed by atoms with Crippen molar-refractivity contribution in [1.82, 2.24) is 9.97 Å². The van der Waals surface area contributed by atoms with Crippen LogP contribution >= 0.6 is 11.6 Å². The second kappa shape index (κ2) is 11.0. The van der Waals surface area contributed by atoms with Crippen molar-refractivity contribution in [2.24, 2.45) is 0 Å². The molecule has 2 heterocycles. The zero-order chi connectivity index (χ0) is 31.2. The van der Waals surface area contributed by atoms with Gasteiger partial charge in [-0.25, -0.2) is 13.8 Å². The number of nitrogens with zero attached hydrogens (tertiary/aromatic N) is 1. The number of para-hydroxylation sites is 1. The molecule has 0 bridgehead atoms. The van der Waals surface area contributed by atoms with Crippen molar-refractivity contribution in [2.75, 3.05) is 16.9 Å². The topological polar surface area (TPSA) is 133 Å². The van der Waals surface area contributed by atoms with E-state index in [1.807, 2.05) is 13.8 Å². The molecule has 0 saturated carbocycles. The van der Waals surface area contributed by atoms with E-state index in [0.717, 1.165) is 6.07 Å². The molecule has 4 aromatic rings. The number of halogens is 6. The number of fused-ring (bicyclic) bond motifs is 3. The number of aromatic nitrogens is 2. The third-order valence-corrected chi connectivity index (χ3v) is 6.11. The van der Waals surface area contributed by atoms with Crippen LogP contribution in [0, 0.1) is 11.6 Å². The zero-order valence-electron chi connectivity index (χ0n) is 22.0. The van der Waals surface area contributed by atoms with Gasteiger partial charge in [0.2, 0.25) is 5.95 Å². The summed E-state index contributed by atoms with van der Waals surface area (Å²) in [5, 5.41) is 5.31. The Balaban J connectivity index is 0.000000748. The van der Waals surface area contributed by atoms with Crippen LogP contribution in [0.4, 0.5) is 39.3 Å². The lowest BCUT2D eigenvalue weighted by Gasteiger charge is -2.18. The third-order valence-electron chi connectivity index (χ3n) is 5.79. The van der Waals surface area contributed by atoms with Crippen LogP contribution in [0.3, 0.4) is 0 Å². The number of aromatic amines is 1. The van der Waals surface area contributed by atoms with Crippen LogP contribution in [0.5, 0.6) is 5.75 Å². The number of hydrogen-bond donors (Lipinski definition) is 4. The first-order valence-corrected chi connectivity index (χ1v) is 14.1. The van der Waals surface area contributed by atoms with Crippen LogP contribution in [-0.4, -0.2) is 40.7 Å². The maximum absolute atomic E-state index is 14.3. The molecule has 0 aliphatic carbocycles. The molecule has 16 heteroatoms. The van der Waals surface area contributed by atoms with Gasteiger partial charge in [0.05, 0.1) is 39.1 Å². The predicted octanol–water partition coefficient (Wildman–Crippen LogP) is 6.73. The molecule has 0 radical (unpaired) electrons. The molecule has 0 unspecified atom stereocenters. The van der Waals surface area contributed by atoms with Crippen molar-refractivity contribution in [3.63, 3.8) is 0 Å². The summed E-state index contributed by atoms with van der Waals surface area (Å²) >= 11 is 6.09. The number of benzene rings is 3. The van der Waals surface area contributed by atoms with Crippen LogP contribution in [0.1, 0.15) is 35.3 Å². The third kappa shape index (κ3) is 7.09. The van der Waals surface area contributed by atoms with Crippen LogP contribution < -0.4 is 15.4 Å². The number of alkyl halides is 3. The predicted molar refractivity (Wildman–Crippen MR) is 146 cm³/mol. The fraction of sp³-hybridized carbons (Fsp3) is 0.231. The molecular weight excluding hydrogens is 611 g/mol. The van der Waals surface area contributed by atoms with Crippen molar-refractivity contribution in [3.05, 3.63) is 75.8 Å². The van der Waals surface area contributed by atoms with Gasteiger partial charge < -0.3 is 20.4 Å². The Morgan fingerprint density at radius 1 is 1.14 bits per heavy atom. The minimum absolute atomic E-state index is 0.00573. The fourth-order valence-electron chi connectivity index (χ4n) is 4.21. The molecular formula is C26H22ClF5N4O5S. The summed E-state index contributed by atoms with van der Waals surface area (Å²) in [5.41, 5.74) is -0.939. The number of H-pyrrole nitrogens is 1. The Labute approximate surface area is 240 Å². The van der Waals surface area contributed by atoms with Crippen molar-refractivity contribution in [3.8, 4) is 5.75 Å². The number of carbonyl (C=O) groups excluding carboxylic acids is 1. The maximum Gasteiger partial charge on any atom is 0.419 e. The summed E-state index contributed by atoms with van der Waals surface area (Å²) < 4.78 is 99.2. The molecule has 1 aromatic heterocycles. The quantitative estimate of drug-likeness (QED) is 0.145. The minimum Gasteiger partial charge on any atom is -0.486 e. The zero-order valence-corrected chi connectivity index (χ0v) is 23.5. The number of imidazole rings is 1. The van der Waals surface area contributed by atoms with E-state index in [-0.39, 0.29) is 33.7 Å². The van der Waals surface area contributed by atoms with Gasteiger partial charge in [-0.15, -0.1) is 0 Å². The summed E-state index contributed by atoms with van der Waals surface area (Å²) in [6.07, 6.45) is -3.83. The second-order valence-electron chi connectivity index (χ2n) is 9.85. The monoisotopic (exact) mass is 632 g/mol. The lowest BCUT2D eigenvalue weighted by Crippen LogP contribution is -2.25. The molecule has 0 fully saturated rings. The van der Waals surface area contributed by atoms with Crippen molar-refractivity contribution in [2.45, 2.75) is 32.0 Å². The maximum atomic E-state index is 14.3. The van der Waals surface area contributed by atoms with E-state index in [0.29, 0.717) is 41.4 Å². The number of ether oxygens (including phenoxy) is 1. The molecule has 1 aliphatic rings. The molecule has 1 amide bonds. The minimum atomic E-state index is -4.93.